The average Bonchev–Trinajstić information content (AvgIpc) is 2.25. The predicted octanol–water partition coefficient (Wildman–Crippen LogP) is 3.50. The monoisotopic (exact) mass is 223 g/mol. The lowest BCUT2D eigenvalue weighted by atomic mass is 9.57. The highest BCUT2D eigenvalue weighted by Gasteiger charge is 2.46. The Hall–Kier alpha value is -0.0400. The van der Waals surface area contributed by atoms with E-state index in [4.69, 9.17) is 0 Å². The molecule has 4 atom stereocenters. The van der Waals surface area contributed by atoms with Crippen LogP contribution in [0.2, 0.25) is 0 Å². The van der Waals surface area contributed by atoms with Crippen LogP contribution >= 0.6 is 0 Å². The van der Waals surface area contributed by atoms with Crippen molar-refractivity contribution in [3.8, 4) is 0 Å². The summed E-state index contributed by atoms with van der Waals surface area (Å²) >= 11 is 0. The van der Waals surface area contributed by atoms with Gasteiger partial charge in [-0.05, 0) is 48.5 Å². The molecule has 0 amide bonds. The van der Waals surface area contributed by atoms with Crippen LogP contribution in [0.3, 0.4) is 0 Å². The van der Waals surface area contributed by atoms with Gasteiger partial charge in [0, 0.05) is 13.1 Å². The zero-order chi connectivity index (χ0) is 11.9. The second-order valence-electron chi connectivity index (χ2n) is 6.69. The van der Waals surface area contributed by atoms with E-state index < -0.39 is 0 Å². The molecule has 2 rings (SSSR count). The van der Waals surface area contributed by atoms with Crippen LogP contribution in [-0.4, -0.2) is 24.5 Å². The molecule has 2 aliphatic rings. The van der Waals surface area contributed by atoms with E-state index in [0.717, 1.165) is 35.5 Å². The Morgan fingerprint density at radius 2 is 1.56 bits per heavy atom. The van der Waals surface area contributed by atoms with Crippen molar-refractivity contribution in [1.29, 1.82) is 0 Å². The first kappa shape index (κ1) is 12.4. The minimum atomic E-state index is 0.874. The molecule has 0 N–H and O–H groups in total. The summed E-state index contributed by atoms with van der Waals surface area (Å²) in [5.74, 6) is 5.67. The maximum Gasteiger partial charge on any atom is 0.00151 e. The SMILES string of the molecule is CCN1CC2C(C)CC(C)C(C1)C2C(C)C. The van der Waals surface area contributed by atoms with Crippen LogP contribution in [0.4, 0.5) is 0 Å². The molecular weight excluding hydrogens is 194 g/mol. The Balaban J connectivity index is 2.21. The van der Waals surface area contributed by atoms with Crippen molar-refractivity contribution in [3.63, 3.8) is 0 Å². The number of nitrogens with zero attached hydrogens (tertiary/aromatic N) is 1. The lowest BCUT2D eigenvalue weighted by molar-refractivity contribution is -0.0564. The topological polar surface area (TPSA) is 3.24 Å². The molecule has 2 bridgehead atoms. The van der Waals surface area contributed by atoms with Crippen LogP contribution in [0.5, 0.6) is 0 Å². The fourth-order valence-corrected chi connectivity index (χ4v) is 4.53. The zero-order valence-corrected chi connectivity index (χ0v) is 11.7. The summed E-state index contributed by atoms with van der Waals surface area (Å²) in [6, 6.07) is 0. The minimum Gasteiger partial charge on any atom is -0.303 e. The largest absolute Gasteiger partial charge is 0.303 e. The molecule has 1 nitrogen and oxygen atoms in total. The van der Waals surface area contributed by atoms with Crippen molar-refractivity contribution in [2.75, 3.05) is 19.6 Å². The van der Waals surface area contributed by atoms with Crippen molar-refractivity contribution in [2.45, 2.75) is 41.0 Å². The van der Waals surface area contributed by atoms with Gasteiger partial charge >= 0.3 is 0 Å². The van der Waals surface area contributed by atoms with Crippen molar-refractivity contribution in [3.05, 3.63) is 0 Å². The maximum absolute atomic E-state index is 2.69. The summed E-state index contributed by atoms with van der Waals surface area (Å²) in [6.45, 7) is 16.2. The Labute approximate surface area is 102 Å². The summed E-state index contributed by atoms with van der Waals surface area (Å²) in [5.41, 5.74) is 0. The van der Waals surface area contributed by atoms with Gasteiger partial charge in [0.25, 0.3) is 0 Å². The molecule has 94 valence electrons. The molecule has 0 aromatic heterocycles. The molecule has 4 unspecified atom stereocenters. The van der Waals surface area contributed by atoms with Gasteiger partial charge in [0.05, 0.1) is 0 Å². The molecule has 1 heterocycles. The molecule has 1 heteroatoms. The number of rotatable bonds is 2. The summed E-state index contributed by atoms with van der Waals surface area (Å²) in [7, 11) is 0. The summed E-state index contributed by atoms with van der Waals surface area (Å²) in [5, 5.41) is 0. The van der Waals surface area contributed by atoms with Crippen molar-refractivity contribution in [1.82, 2.24) is 4.90 Å². The van der Waals surface area contributed by atoms with Gasteiger partial charge in [-0.15, -0.1) is 0 Å². The molecular formula is C15H29N. The Morgan fingerprint density at radius 3 is 1.94 bits per heavy atom. The highest BCUT2D eigenvalue weighted by atomic mass is 15.1. The van der Waals surface area contributed by atoms with Crippen LogP contribution in [0.25, 0.3) is 0 Å². The highest BCUT2D eigenvalue weighted by molar-refractivity contribution is 4.96. The Morgan fingerprint density at radius 1 is 1.06 bits per heavy atom. The first-order valence-electron chi connectivity index (χ1n) is 7.26. The average molecular weight is 223 g/mol. The maximum atomic E-state index is 2.69. The highest BCUT2D eigenvalue weighted by Crippen LogP contribution is 2.48. The van der Waals surface area contributed by atoms with Gasteiger partial charge in [-0.2, -0.15) is 0 Å². The number of hydrogen-bond donors (Lipinski definition) is 0. The smallest absolute Gasteiger partial charge is 0.00151 e. The first-order valence-corrected chi connectivity index (χ1v) is 7.26. The molecule has 1 aliphatic carbocycles. The van der Waals surface area contributed by atoms with Crippen LogP contribution in [0, 0.1) is 35.5 Å². The van der Waals surface area contributed by atoms with Crippen LogP contribution in [-0.2, 0) is 0 Å². The number of fused-ring (bicyclic) bond motifs is 2. The van der Waals surface area contributed by atoms with Gasteiger partial charge in [0.15, 0.2) is 0 Å². The molecule has 16 heavy (non-hydrogen) atoms. The van der Waals surface area contributed by atoms with Gasteiger partial charge in [-0.1, -0.05) is 34.6 Å². The van der Waals surface area contributed by atoms with Gasteiger partial charge < -0.3 is 4.90 Å². The number of likely N-dealkylation sites (tertiary alicyclic amines) is 1. The summed E-state index contributed by atoms with van der Waals surface area (Å²) in [6.07, 6.45) is 1.47. The van der Waals surface area contributed by atoms with E-state index in [1.54, 1.807) is 0 Å². The molecule has 0 aromatic rings. The molecule has 0 spiro atoms. The second kappa shape index (κ2) is 4.68. The van der Waals surface area contributed by atoms with E-state index in [0.29, 0.717) is 0 Å². The van der Waals surface area contributed by atoms with E-state index >= 15 is 0 Å². The van der Waals surface area contributed by atoms with E-state index in [2.05, 4.69) is 39.5 Å². The quantitative estimate of drug-likeness (QED) is 0.692. The Bertz CT molecular complexity index is 218. The third-order valence-electron chi connectivity index (χ3n) is 5.35. The predicted molar refractivity (Wildman–Crippen MR) is 70.4 cm³/mol. The van der Waals surface area contributed by atoms with E-state index in [1.807, 2.05) is 0 Å². The van der Waals surface area contributed by atoms with E-state index in [9.17, 15) is 0 Å². The van der Waals surface area contributed by atoms with Gasteiger partial charge in [0.2, 0.25) is 0 Å². The normalized spacial score (nSPS) is 45.0. The van der Waals surface area contributed by atoms with Gasteiger partial charge in [-0.3, -0.25) is 0 Å². The zero-order valence-electron chi connectivity index (χ0n) is 11.7. The van der Waals surface area contributed by atoms with E-state index in [1.165, 1.54) is 26.1 Å². The number of piperidine rings is 1. The van der Waals surface area contributed by atoms with Crippen LogP contribution in [0.15, 0.2) is 0 Å². The first-order chi connectivity index (χ1) is 7.54. The van der Waals surface area contributed by atoms with Crippen molar-refractivity contribution < 1.29 is 0 Å². The molecule has 1 saturated carbocycles. The van der Waals surface area contributed by atoms with Gasteiger partial charge in [0.1, 0.15) is 0 Å². The third-order valence-corrected chi connectivity index (χ3v) is 5.35. The minimum absolute atomic E-state index is 0.874. The fraction of sp³-hybridized carbons (Fsp3) is 1.00. The lowest BCUT2D eigenvalue weighted by Gasteiger charge is -2.54. The van der Waals surface area contributed by atoms with Crippen LogP contribution in [0.1, 0.15) is 41.0 Å². The summed E-state index contributed by atoms with van der Waals surface area (Å²) in [4.78, 5) is 2.69. The third kappa shape index (κ3) is 2.03. The molecule has 1 aliphatic heterocycles. The summed E-state index contributed by atoms with van der Waals surface area (Å²) < 4.78 is 0. The molecule has 2 fully saturated rings. The number of hydrogen-bond acceptors (Lipinski definition) is 1. The lowest BCUT2D eigenvalue weighted by Crippen LogP contribution is -2.55. The second-order valence-corrected chi connectivity index (χ2v) is 6.69. The fourth-order valence-electron chi connectivity index (χ4n) is 4.53. The van der Waals surface area contributed by atoms with Crippen LogP contribution < -0.4 is 0 Å². The van der Waals surface area contributed by atoms with Gasteiger partial charge in [-0.25, -0.2) is 0 Å². The Kier molecular flexibility index (Phi) is 3.63. The van der Waals surface area contributed by atoms with E-state index in [-0.39, 0.29) is 0 Å². The molecule has 0 aromatic carbocycles. The molecule has 0 radical (unpaired) electrons. The van der Waals surface area contributed by atoms with Crippen molar-refractivity contribution >= 4 is 0 Å². The molecule has 1 saturated heterocycles. The standard InChI is InChI=1S/C15H29N/c1-6-16-8-13-11(4)7-12(5)14(9-16)15(13)10(2)3/h10-15H,6-9H2,1-5H3. The van der Waals surface area contributed by atoms with Crippen molar-refractivity contribution in [2.24, 2.45) is 35.5 Å².